The van der Waals surface area contributed by atoms with Crippen molar-refractivity contribution in [2.24, 2.45) is 5.73 Å². The molecule has 0 aromatic heterocycles. The molecule has 1 heterocycles. The van der Waals surface area contributed by atoms with E-state index in [1.807, 2.05) is 0 Å². The number of carbonyl (C=O) groups is 1. The number of likely N-dealkylation sites (tertiary alicyclic amines) is 1. The van der Waals surface area contributed by atoms with Crippen LogP contribution in [0.1, 0.15) is 29.6 Å². The van der Waals surface area contributed by atoms with Gasteiger partial charge in [0.15, 0.2) is 11.5 Å². The van der Waals surface area contributed by atoms with Gasteiger partial charge in [-0.1, -0.05) is 6.07 Å². The zero-order valence-corrected chi connectivity index (χ0v) is 14.2. The number of alkyl halides is 2. The summed E-state index contributed by atoms with van der Waals surface area (Å²) < 4.78 is 40.7. The molecule has 2 N–H and O–H groups in total. The van der Waals surface area contributed by atoms with Gasteiger partial charge in [-0.15, -0.1) is 0 Å². The number of hydrogen-bond donors (Lipinski definition) is 1. The summed E-state index contributed by atoms with van der Waals surface area (Å²) in [4.78, 5) is 14.3. The average Bonchev–Trinajstić information content (AvgIpc) is 2.61. The minimum atomic E-state index is -3.04. The summed E-state index contributed by atoms with van der Waals surface area (Å²) in [5, 5.41) is 0. The van der Waals surface area contributed by atoms with Gasteiger partial charge in [-0.25, -0.2) is 0 Å². The van der Waals surface area contributed by atoms with E-state index in [2.05, 4.69) is 4.74 Å². The quantitative estimate of drug-likeness (QED) is 0.722. The highest BCUT2D eigenvalue weighted by Crippen LogP contribution is 2.33. The molecule has 0 aliphatic carbocycles. The third-order valence-electron chi connectivity index (χ3n) is 4.07. The van der Waals surface area contributed by atoms with E-state index in [9.17, 15) is 13.6 Å². The molecule has 8 heteroatoms. The lowest BCUT2D eigenvalue weighted by Crippen LogP contribution is -2.41. The van der Waals surface area contributed by atoms with Crippen LogP contribution in [0.15, 0.2) is 18.2 Å². The first-order valence-electron chi connectivity index (χ1n) is 8.29. The second-order valence-corrected chi connectivity index (χ2v) is 5.72. The fourth-order valence-corrected chi connectivity index (χ4v) is 2.78. The summed E-state index contributed by atoms with van der Waals surface area (Å²) in [6.07, 6.45) is 2.30. The van der Waals surface area contributed by atoms with E-state index in [0.717, 1.165) is 6.42 Å². The third kappa shape index (κ3) is 5.27. The Labute approximate surface area is 145 Å². The SMILES string of the molecule is COc1cccc(C(=O)N2CCC(OCCCN)CC2)c1OC(F)F. The van der Waals surface area contributed by atoms with Gasteiger partial charge in [0.25, 0.3) is 5.91 Å². The molecule has 1 saturated heterocycles. The second-order valence-electron chi connectivity index (χ2n) is 5.72. The van der Waals surface area contributed by atoms with Crippen molar-refractivity contribution in [2.45, 2.75) is 32.0 Å². The first-order chi connectivity index (χ1) is 12.1. The maximum atomic E-state index is 12.7. The van der Waals surface area contributed by atoms with Crippen molar-refractivity contribution in [3.8, 4) is 11.5 Å². The standard InChI is InChI=1S/C17H24F2N2O4/c1-23-14-5-2-4-13(15(14)25-17(18)19)16(22)21-9-6-12(7-10-21)24-11-3-8-20/h2,4-5,12,17H,3,6-11,20H2,1H3. The first-order valence-corrected chi connectivity index (χ1v) is 8.29. The molecular formula is C17H24F2N2O4. The number of para-hydroxylation sites is 1. The normalized spacial score (nSPS) is 15.5. The largest absolute Gasteiger partial charge is 0.493 e. The number of benzene rings is 1. The fourth-order valence-electron chi connectivity index (χ4n) is 2.78. The van der Waals surface area contributed by atoms with Crippen molar-refractivity contribution < 1.29 is 27.8 Å². The van der Waals surface area contributed by atoms with Crippen LogP contribution in [-0.2, 0) is 4.74 Å². The molecule has 6 nitrogen and oxygen atoms in total. The summed E-state index contributed by atoms with van der Waals surface area (Å²) in [6, 6.07) is 4.52. The number of methoxy groups -OCH3 is 1. The van der Waals surface area contributed by atoms with E-state index in [-0.39, 0.29) is 29.1 Å². The maximum Gasteiger partial charge on any atom is 0.387 e. The van der Waals surface area contributed by atoms with Crippen LogP contribution in [0.25, 0.3) is 0 Å². The number of piperidine rings is 1. The van der Waals surface area contributed by atoms with Gasteiger partial charge in [-0.2, -0.15) is 8.78 Å². The highest BCUT2D eigenvalue weighted by molar-refractivity contribution is 5.97. The summed E-state index contributed by atoms with van der Waals surface area (Å²) in [7, 11) is 1.34. The molecule has 1 aliphatic heterocycles. The van der Waals surface area contributed by atoms with Crippen LogP contribution in [0.2, 0.25) is 0 Å². The minimum absolute atomic E-state index is 0.0714. The molecule has 1 amide bonds. The lowest BCUT2D eigenvalue weighted by molar-refractivity contribution is -0.0517. The van der Waals surface area contributed by atoms with Crippen LogP contribution >= 0.6 is 0 Å². The Morgan fingerprint density at radius 3 is 2.68 bits per heavy atom. The van der Waals surface area contributed by atoms with Crippen molar-refractivity contribution in [3.05, 3.63) is 23.8 Å². The van der Waals surface area contributed by atoms with Gasteiger partial charge in [0, 0.05) is 19.7 Å². The molecule has 2 rings (SSSR count). The van der Waals surface area contributed by atoms with E-state index in [0.29, 0.717) is 39.1 Å². The Morgan fingerprint density at radius 2 is 2.08 bits per heavy atom. The molecule has 1 fully saturated rings. The molecule has 1 aliphatic rings. The number of halogens is 2. The number of hydrogen-bond acceptors (Lipinski definition) is 5. The molecular weight excluding hydrogens is 334 g/mol. The predicted octanol–water partition coefficient (Wildman–Crippen LogP) is 2.27. The number of nitrogens with zero attached hydrogens (tertiary/aromatic N) is 1. The minimum Gasteiger partial charge on any atom is -0.493 e. The van der Waals surface area contributed by atoms with Gasteiger partial charge in [-0.3, -0.25) is 4.79 Å². The van der Waals surface area contributed by atoms with Crippen molar-refractivity contribution >= 4 is 5.91 Å². The van der Waals surface area contributed by atoms with Gasteiger partial charge in [-0.05, 0) is 37.9 Å². The highest BCUT2D eigenvalue weighted by atomic mass is 19.3. The summed E-state index contributed by atoms with van der Waals surface area (Å²) >= 11 is 0. The van der Waals surface area contributed by atoms with Crippen molar-refractivity contribution in [1.29, 1.82) is 0 Å². The van der Waals surface area contributed by atoms with Gasteiger partial charge in [0.2, 0.25) is 0 Å². The number of nitrogens with two attached hydrogens (primary N) is 1. The Bertz CT molecular complexity index is 564. The molecule has 0 saturated carbocycles. The summed E-state index contributed by atoms with van der Waals surface area (Å²) in [5.41, 5.74) is 5.51. The Hall–Kier alpha value is -1.93. The topological polar surface area (TPSA) is 74.0 Å². The molecule has 0 atom stereocenters. The molecule has 0 unspecified atom stereocenters. The van der Waals surface area contributed by atoms with Crippen molar-refractivity contribution in [3.63, 3.8) is 0 Å². The zero-order chi connectivity index (χ0) is 18.2. The number of ether oxygens (including phenoxy) is 3. The first kappa shape index (κ1) is 19.4. The van der Waals surface area contributed by atoms with E-state index in [1.54, 1.807) is 11.0 Å². The van der Waals surface area contributed by atoms with Crippen LogP contribution in [0, 0.1) is 0 Å². The second kappa shape index (κ2) is 9.53. The average molecular weight is 358 g/mol. The van der Waals surface area contributed by atoms with Gasteiger partial charge in [0.1, 0.15) is 0 Å². The Balaban J connectivity index is 2.04. The smallest absolute Gasteiger partial charge is 0.387 e. The molecule has 0 bridgehead atoms. The van der Waals surface area contributed by atoms with E-state index in [4.69, 9.17) is 15.2 Å². The van der Waals surface area contributed by atoms with Crippen molar-refractivity contribution in [2.75, 3.05) is 33.4 Å². The summed E-state index contributed by atoms with van der Waals surface area (Å²) in [5.74, 6) is -0.479. The van der Waals surface area contributed by atoms with Crippen LogP contribution in [0.5, 0.6) is 11.5 Å². The van der Waals surface area contributed by atoms with Crippen LogP contribution in [-0.4, -0.2) is 56.9 Å². The lowest BCUT2D eigenvalue weighted by Gasteiger charge is -2.32. The van der Waals surface area contributed by atoms with Crippen molar-refractivity contribution in [1.82, 2.24) is 4.90 Å². The number of carbonyl (C=O) groups excluding carboxylic acids is 1. The maximum absolute atomic E-state index is 12.7. The van der Waals surface area contributed by atoms with Crippen LogP contribution in [0.3, 0.4) is 0 Å². The van der Waals surface area contributed by atoms with Gasteiger partial charge in [0.05, 0.1) is 18.8 Å². The fraction of sp³-hybridized carbons (Fsp3) is 0.588. The molecule has 1 aromatic rings. The molecule has 1 aromatic carbocycles. The lowest BCUT2D eigenvalue weighted by atomic mass is 10.1. The third-order valence-corrected chi connectivity index (χ3v) is 4.07. The number of amides is 1. The Morgan fingerprint density at radius 1 is 1.36 bits per heavy atom. The molecule has 25 heavy (non-hydrogen) atoms. The van der Waals surface area contributed by atoms with E-state index >= 15 is 0 Å². The van der Waals surface area contributed by atoms with Crippen LogP contribution < -0.4 is 15.2 Å². The van der Waals surface area contributed by atoms with E-state index in [1.165, 1.54) is 19.2 Å². The zero-order valence-electron chi connectivity index (χ0n) is 14.2. The van der Waals surface area contributed by atoms with E-state index < -0.39 is 6.61 Å². The highest BCUT2D eigenvalue weighted by Gasteiger charge is 2.28. The summed E-state index contributed by atoms with van der Waals surface area (Å²) in [6.45, 7) is -0.851. The monoisotopic (exact) mass is 358 g/mol. The van der Waals surface area contributed by atoms with Gasteiger partial charge < -0.3 is 24.8 Å². The molecule has 0 radical (unpaired) electrons. The number of rotatable bonds is 8. The molecule has 0 spiro atoms. The molecule has 140 valence electrons. The van der Waals surface area contributed by atoms with Gasteiger partial charge >= 0.3 is 6.61 Å². The predicted molar refractivity (Wildman–Crippen MR) is 88.2 cm³/mol. The Kier molecular flexibility index (Phi) is 7.39. The van der Waals surface area contributed by atoms with Crippen LogP contribution in [0.4, 0.5) is 8.78 Å².